The Morgan fingerprint density at radius 2 is 2.10 bits per heavy atom. The first-order valence-electron chi connectivity index (χ1n) is 7.02. The Hall–Kier alpha value is -1.59. The van der Waals surface area contributed by atoms with Gasteiger partial charge in [-0.25, -0.2) is 0 Å². The first-order valence-corrected chi connectivity index (χ1v) is 7.90. The Morgan fingerprint density at radius 1 is 1.38 bits per heavy atom. The molecule has 1 amide bonds. The van der Waals surface area contributed by atoms with Crippen LogP contribution in [0.25, 0.3) is 0 Å². The molecule has 0 bridgehead atoms. The van der Waals surface area contributed by atoms with Crippen LogP contribution in [0.3, 0.4) is 0 Å². The quantitative estimate of drug-likeness (QED) is 0.922. The average Bonchev–Trinajstić information content (AvgIpc) is 2.98. The smallest absolute Gasteiger partial charge is 0.253 e. The maximum Gasteiger partial charge on any atom is 0.253 e. The fraction of sp³-hybridized carbons (Fsp3) is 0.438. The van der Waals surface area contributed by atoms with Crippen LogP contribution in [0, 0.1) is 13.8 Å². The second-order valence-electron chi connectivity index (χ2n) is 5.58. The predicted octanol–water partition coefficient (Wildman–Crippen LogP) is 2.74. The molecule has 2 heterocycles. The number of carbonyl (C=O) groups excluding carboxylic acids is 1. The SMILES string of the molecule is Cc1ccsc1[C@@H](CNC(=O)c1ccn(C)c1C)N(C)C. The number of aryl methyl sites for hydroxylation is 2. The molecule has 2 aromatic rings. The van der Waals surface area contributed by atoms with Gasteiger partial charge in [0.05, 0.1) is 11.6 Å². The molecule has 0 saturated carbocycles. The maximum atomic E-state index is 12.3. The van der Waals surface area contributed by atoms with Crippen LogP contribution >= 0.6 is 11.3 Å². The first kappa shape index (κ1) is 15.8. The molecule has 21 heavy (non-hydrogen) atoms. The second kappa shape index (κ2) is 6.45. The summed E-state index contributed by atoms with van der Waals surface area (Å²) in [7, 11) is 6.04. The van der Waals surface area contributed by atoms with E-state index in [0.717, 1.165) is 11.3 Å². The molecular weight excluding hydrogens is 282 g/mol. The van der Waals surface area contributed by atoms with E-state index >= 15 is 0 Å². The van der Waals surface area contributed by atoms with E-state index < -0.39 is 0 Å². The number of thiophene rings is 1. The van der Waals surface area contributed by atoms with Crippen molar-refractivity contribution in [3.8, 4) is 0 Å². The number of hydrogen-bond donors (Lipinski definition) is 1. The van der Waals surface area contributed by atoms with E-state index in [9.17, 15) is 4.79 Å². The monoisotopic (exact) mass is 305 g/mol. The molecule has 1 atom stereocenters. The summed E-state index contributed by atoms with van der Waals surface area (Å²) in [6.07, 6.45) is 1.91. The normalized spacial score (nSPS) is 12.7. The van der Waals surface area contributed by atoms with Crippen molar-refractivity contribution in [2.45, 2.75) is 19.9 Å². The number of nitrogens with one attached hydrogen (secondary N) is 1. The molecule has 0 fully saturated rings. The molecule has 5 heteroatoms. The molecule has 0 aliphatic carbocycles. The molecule has 114 valence electrons. The van der Waals surface area contributed by atoms with Gasteiger partial charge < -0.3 is 14.8 Å². The van der Waals surface area contributed by atoms with Gasteiger partial charge in [-0.2, -0.15) is 0 Å². The maximum absolute atomic E-state index is 12.3. The Kier molecular flexibility index (Phi) is 4.85. The van der Waals surface area contributed by atoms with Gasteiger partial charge in [0.2, 0.25) is 0 Å². The summed E-state index contributed by atoms with van der Waals surface area (Å²) in [5, 5.41) is 5.16. The Balaban J connectivity index is 2.08. The van der Waals surface area contributed by atoms with Crippen LogP contribution in [0.5, 0.6) is 0 Å². The minimum atomic E-state index is -0.00541. The number of aromatic nitrogens is 1. The zero-order chi connectivity index (χ0) is 15.6. The van der Waals surface area contributed by atoms with Crippen molar-refractivity contribution >= 4 is 17.2 Å². The van der Waals surface area contributed by atoms with Gasteiger partial charge >= 0.3 is 0 Å². The molecule has 0 radical (unpaired) electrons. The number of carbonyl (C=O) groups is 1. The second-order valence-corrected chi connectivity index (χ2v) is 6.53. The predicted molar refractivity (Wildman–Crippen MR) is 88.0 cm³/mol. The first-order chi connectivity index (χ1) is 9.91. The number of rotatable bonds is 5. The van der Waals surface area contributed by atoms with Gasteiger partial charge in [0, 0.05) is 30.4 Å². The van der Waals surface area contributed by atoms with Crippen LogP contribution in [0.2, 0.25) is 0 Å². The number of likely N-dealkylation sites (N-methyl/N-ethyl adjacent to an activating group) is 1. The Morgan fingerprint density at radius 3 is 2.57 bits per heavy atom. The minimum Gasteiger partial charge on any atom is -0.354 e. The van der Waals surface area contributed by atoms with E-state index in [-0.39, 0.29) is 11.9 Å². The van der Waals surface area contributed by atoms with Crippen LogP contribution < -0.4 is 5.32 Å². The lowest BCUT2D eigenvalue weighted by atomic mass is 10.1. The summed E-state index contributed by atoms with van der Waals surface area (Å²) in [6.45, 7) is 4.69. The molecule has 2 rings (SSSR count). The van der Waals surface area contributed by atoms with Crippen molar-refractivity contribution in [1.29, 1.82) is 0 Å². The third-order valence-electron chi connectivity index (χ3n) is 3.91. The average molecular weight is 305 g/mol. The van der Waals surface area contributed by atoms with Crippen molar-refractivity contribution in [3.63, 3.8) is 0 Å². The topological polar surface area (TPSA) is 37.3 Å². The highest BCUT2D eigenvalue weighted by Gasteiger charge is 2.19. The third kappa shape index (κ3) is 3.36. The van der Waals surface area contributed by atoms with Gasteiger partial charge in [0.25, 0.3) is 5.91 Å². The largest absolute Gasteiger partial charge is 0.354 e. The van der Waals surface area contributed by atoms with E-state index in [2.05, 4.69) is 28.6 Å². The van der Waals surface area contributed by atoms with Crippen molar-refractivity contribution in [3.05, 3.63) is 45.4 Å². The highest BCUT2D eigenvalue weighted by atomic mass is 32.1. The summed E-state index contributed by atoms with van der Waals surface area (Å²) in [6, 6.07) is 4.20. The van der Waals surface area contributed by atoms with Gasteiger partial charge in [0.15, 0.2) is 0 Å². The molecule has 0 unspecified atom stereocenters. The molecule has 1 N–H and O–H groups in total. The molecule has 2 aromatic heterocycles. The van der Waals surface area contributed by atoms with Crippen molar-refractivity contribution < 1.29 is 4.79 Å². The van der Waals surface area contributed by atoms with Crippen molar-refractivity contribution in [1.82, 2.24) is 14.8 Å². The minimum absolute atomic E-state index is 0.00541. The van der Waals surface area contributed by atoms with Crippen molar-refractivity contribution in [2.75, 3.05) is 20.6 Å². The zero-order valence-corrected chi connectivity index (χ0v) is 14.1. The molecule has 0 aliphatic rings. The summed E-state index contributed by atoms with van der Waals surface area (Å²) < 4.78 is 1.96. The number of nitrogens with zero attached hydrogens (tertiary/aromatic N) is 2. The molecule has 0 aliphatic heterocycles. The Labute approximate surface area is 130 Å². The lowest BCUT2D eigenvalue weighted by Crippen LogP contribution is -2.34. The summed E-state index contributed by atoms with van der Waals surface area (Å²) in [4.78, 5) is 15.8. The lowest BCUT2D eigenvalue weighted by molar-refractivity contribution is 0.0941. The van der Waals surface area contributed by atoms with E-state index in [1.54, 1.807) is 11.3 Å². The molecule has 0 saturated heterocycles. The van der Waals surface area contributed by atoms with Crippen LogP contribution in [-0.2, 0) is 7.05 Å². The molecular formula is C16H23N3OS. The van der Waals surface area contributed by atoms with Crippen LogP contribution in [-0.4, -0.2) is 36.0 Å². The third-order valence-corrected chi connectivity index (χ3v) is 5.03. The summed E-state index contributed by atoms with van der Waals surface area (Å²) >= 11 is 1.74. The van der Waals surface area contributed by atoms with Gasteiger partial charge in [0.1, 0.15) is 0 Å². The van der Waals surface area contributed by atoms with E-state index in [4.69, 9.17) is 0 Å². The fourth-order valence-electron chi connectivity index (χ4n) is 2.37. The summed E-state index contributed by atoms with van der Waals surface area (Å²) in [5.74, 6) is -0.00541. The van der Waals surface area contributed by atoms with Gasteiger partial charge in [-0.1, -0.05) is 0 Å². The van der Waals surface area contributed by atoms with Crippen LogP contribution in [0.15, 0.2) is 23.7 Å². The zero-order valence-electron chi connectivity index (χ0n) is 13.3. The van der Waals surface area contributed by atoms with Gasteiger partial charge in [-0.05, 0) is 51.0 Å². The van der Waals surface area contributed by atoms with E-state index in [1.807, 2.05) is 44.9 Å². The lowest BCUT2D eigenvalue weighted by Gasteiger charge is -2.24. The molecule has 0 spiro atoms. The standard InChI is InChI=1S/C16H23N3OS/c1-11-7-9-21-15(11)14(18(3)4)10-17-16(20)13-6-8-19(5)12(13)2/h6-9,14H,10H2,1-5H3,(H,17,20)/t14-/m1/s1. The number of hydrogen-bond acceptors (Lipinski definition) is 3. The van der Waals surface area contributed by atoms with E-state index in [1.165, 1.54) is 10.4 Å². The summed E-state index contributed by atoms with van der Waals surface area (Å²) in [5.41, 5.74) is 3.02. The van der Waals surface area contributed by atoms with Crippen LogP contribution in [0.4, 0.5) is 0 Å². The van der Waals surface area contributed by atoms with E-state index in [0.29, 0.717) is 6.54 Å². The molecule has 0 aromatic carbocycles. The van der Waals surface area contributed by atoms with Gasteiger partial charge in [-0.15, -0.1) is 11.3 Å². The number of amides is 1. The highest BCUT2D eigenvalue weighted by molar-refractivity contribution is 7.10. The Bertz CT molecular complexity index is 627. The van der Waals surface area contributed by atoms with Gasteiger partial charge in [-0.3, -0.25) is 4.79 Å². The molecule has 4 nitrogen and oxygen atoms in total. The highest BCUT2D eigenvalue weighted by Crippen LogP contribution is 2.26. The van der Waals surface area contributed by atoms with Crippen molar-refractivity contribution in [2.24, 2.45) is 7.05 Å². The van der Waals surface area contributed by atoms with Crippen LogP contribution in [0.1, 0.15) is 32.5 Å². The fourth-order valence-corrected chi connectivity index (χ4v) is 3.49.